The Morgan fingerprint density at radius 1 is 1.27 bits per heavy atom. The highest BCUT2D eigenvalue weighted by molar-refractivity contribution is 5.92. The van der Waals surface area contributed by atoms with Crippen molar-refractivity contribution in [3.63, 3.8) is 0 Å². The van der Waals surface area contributed by atoms with Gasteiger partial charge in [0.05, 0.1) is 24.3 Å². The second kappa shape index (κ2) is 9.23. The van der Waals surface area contributed by atoms with Gasteiger partial charge in [-0.25, -0.2) is 14.8 Å². The molecular formula is C25H32N4O4. The average molecular weight is 453 g/mol. The molecule has 2 atom stereocenters. The second-order valence-electron chi connectivity index (χ2n) is 8.78. The molecule has 33 heavy (non-hydrogen) atoms. The number of para-hydroxylation sites is 1. The number of ether oxygens (including phenoxy) is 2. The van der Waals surface area contributed by atoms with E-state index in [0.29, 0.717) is 37.1 Å². The maximum absolute atomic E-state index is 12.1. The predicted octanol–water partition coefficient (Wildman–Crippen LogP) is 4.14. The van der Waals surface area contributed by atoms with Crippen LogP contribution < -0.4 is 10.2 Å². The standard InChI is InChI=1S/C25H28N4O4.2H2/c1-16-6-7-19-21(12-16)27-23(20-4-2-3-5-22(20)30)28-24(19)29-10-8-17(14-29)13-26-25(31)33-18-9-11-32-15-18;;/h2-7,12,17-18,30H,8-11,13-15H2,1H3,(H,26,31);2*1H/t17-,18-;;/m1../s1. The molecule has 3 heterocycles. The summed E-state index contributed by atoms with van der Waals surface area (Å²) < 4.78 is 10.6. The molecule has 0 bridgehead atoms. The van der Waals surface area contributed by atoms with Crippen LogP contribution in [0.3, 0.4) is 0 Å². The number of carbonyl (C=O) groups is 1. The number of aromatic hydroxyl groups is 1. The molecule has 5 rings (SSSR count). The lowest BCUT2D eigenvalue weighted by Crippen LogP contribution is -2.34. The highest BCUT2D eigenvalue weighted by Crippen LogP contribution is 2.33. The van der Waals surface area contributed by atoms with E-state index in [-0.39, 0.29) is 20.8 Å². The average Bonchev–Trinajstić information content (AvgIpc) is 3.49. The number of aryl methyl sites for hydroxylation is 1. The van der Waals surface area contributed by atoms with Crippen LogP contribution in [-0.2, 0) is 9.47 Å². The van der Waals surface area contributed by atoms with Gasteiger partial charge in [0.1, 0.15) is 17.7 Å². The summed E-state index contributed by atoms with van der Waals surface area (Å²) in [6.45, 7) is 5.31. The number of nitrogens with one attached hydrogen (secondary N) is 1. The lowest BCUT2D eigenvalue weighted by atomic mass is 10.1. The van der Waals surface area contributed by atoms with Gasteiger partial charge in [0, 0.05) is 34.3 Å². The van der Waals surface area contributed by atoms with E-state index in [1.165, 1.54) is 0 Å². The fraction of sp³-hybridized carbons (Fsp3) is 0.400. The highest BCUT2D eigenvalue weighted by atomic mass is 16.6. The van der Waals surface area contributed by atoms with Gasteiger partial charge >= 0.3 is 6.09 Å². The van der Waals surface area contributed by atoms with Gasteiger partial charge in [0.25, 0.3) is 0 Å². The van der Waals surface area contributed by atoms with E-state index in [2.05, 4.69) is 22.3 Å². The number of benzene rings is 2. The molecule has 2 aromatic carbocycles. The number of amides is 1. The first-order valence-electron chi connectivity index (χ1n) is 11.4. The van der Waals surface area contributed by atoms with E-state index < -0.39 is 0 Å². The lowest BCUT2D eigenvalue weighted by Gasteiger charge is -2.21. The van der Waals surface area contributed by atoms with Gasteiger partial charge < -0.3 is 24.8 Å². The summed E-state index contributed by atoms with van der Waals surface area (Å²) in [6.07, 6.45) is 1.17. The van der Waals surface area contributed by atoms with Crippen molar-refractivity contribution in [2.24, 2.45) is 5.92 Å². The van der Waals surface area contributed by atoms with Crippen LogP contribution in [0.2, 0.25) is 0 Å². The zero-order valence-corrected chi connectivity index (χ0v) is 18.7. The van der Waals surface area contributed by atoms with Crippen molar-refractivity contribution in [1.29, 1.82) is 0 Å². The van der Waals surface area contributed by atoms with Gasteiger partial charge in [-0.2, -0.15) is 0 Å². The fourth-order valence-electron chi connectivity index (χ4n) is 4.47. The molecule has 0 spiro atoms. The summed E-state index contributed by atoms with van der Waals surface area (Å²) in [7, 11) is 0. The molecule has 3 aromatic rings. The van der Waals surface area contributed by atoms with Crippen molar-refractivity contribution in [3.8, 4) is 17.1 Å². The molecule has 8 heteroatoms. The van der Waals surface area contributed by atoms with Gasteiger partial charge in [0.2, 0.25) is 0 Å². The third kappa shape index (κ3) is 4.71. The molecule has 2 aliphatic heterocycles. The quantitative estimate of drug-likeness (QED) is 0.600. The van der Waals surface area contributed by atoms with Crippen LogP contribution in [0.15, 0.2) is 42.5 Å². The monoisotopic (exact) mass is 452 g/mol. The van der Waals surface area contributed by atoms with Crippen molar-refractivity contribution in [3.05, 3.63) is 48.0 Å². The minimum atomic E-state index is -0.381. The van der Waals surface area contributed by atoms with Crippen LogP contribution in [0.1, 0.15) is 21.3 Å². The maximum atomic E-state index is 12.1. The van der Waals surface area contributed by atoms with Crippen LogP contribution in [0.4, 0.5) is 10.6 Å². The Bertz CT molecular complexity index is 1170. The number of hydrogen-bond donors (Lipinski definition) is 2. The van der Waals surface area contributed by atoms with E-state index in [9.17, 15) is 9.90 Å². The molecule has 2 aliphatic rings. The summed E-state index contributed by atoms with van der Waals surface area (Å²) in [6, 6.07) is 13.3. The van der Waals surface area contributed by atoms with E-state index in [1.54, 1.807) is 12.1 Å². The van der Waals surface area contributed by atoms with Crippen LogP contribution >= 0.6 is 0 Å². The molecule has 1 amide bonds. The highest BCUT2D eigenvalue weighted by Gasteiger charge is 2.27. The summed E-state index contributed by atoms with van der Waals surface area (Å²) in [5, 5.41) is 14.2. The molecule has 0 radical (unpaired) electrons. The van der Waals surface area contributed by atoms with E-state index in [0.717, 1.165) is 48.2 Å². The smallest absolute Gasteiger partial charge is 0.407 e. The second-order valence-corrected chi connectivity index (χ2v) is 8.78. The molecule has 176 valence electrons. The first kappa shape index (κ1) is 21.5. The van der Waals surface area contributed by atoms with Crippen molar-refractivity contribution in [2.45, 2.75) is 25.9 Å². The SMILES string of the molecule is Cc1ccc2c(N3CC[C@H](CNC(=O)O[C@@H]4CCOC4)C3)nc(-c3ccccc3O)nc2c1.[HH].[HH]. The van der Waals surface area contributed by atoms with Crippen molar-refractivity contribution < 1.29 is 22.2 Å². The Morgan fingerprint density at radius 3 is 2.97 bits per heavy atom. The van der Waals surface area contributed by atoms with E-state index >= 15 is 0 Å². The van der Waals surface area contributed by atoms with Crippen LogP contribution in [-0.4, -0.2) is 60.1 Å². The summed E-state index contributed by atoms with van der Waals surface area (Å²) in [4.78, 5) is 24.0. The van der Waals surface area contributed by atoms with Crippen LogP contribution in [0.25, 0.3) is 22.3 Å². The van der Waals surface area contributed by atoms with Gasteiger partial charge in [-0.1, -0.05) is 18.2 Å². The Labute approximate surface area is 195 Å². The van der Waals surface area contributed by atoms with Crippen molar-refractivity contribution in [2.75, 3.05) is 37.7 Å². The molecule has 0 unspecified atom stereocenters. The van der Waals surface area contributed by atoms with E-state index in [1.807, 2.05) is 25.1 Å². The first-order chi connectivity index (χ1) is 16.1. The maximum Gasteiger partial charge on any atom is 0.407 e. The Morgan fingerprint density at radius 2 is 2.15 bits per heavy atom. The van der Waals surface area contributed by atoms with E-state index in [4.69, 9.17) is 19.4 Å². The third-order valence-corrected chi connectivity index (χ3v) is 6.26. The minimum Gasteiger partial charge on any atom is -0.507 e. The topological polar surface area (TPSA) is 96.8 Å². The molecule has 2 fully saturated rings. The molecule has 2 N–H and O–H groups in total. The summed E-state index contributed by atoms with van der Waals surface area (Å²) >= 11 is 0. The first-order valence-corrected chi connectivity index (χ1v) is 11.4. The Kier molecular flexibility index (Phi) is 6.00. The molecule has 8 nitrogen and oxygen atoms in total. The fourth-order valence-corrected chi connectivity index (χ4v) is 4.47. The Hall–Kier alpha value is -3.39. The number of rotatable bonds is 5. The molecule has 2 saturated heterocycles. The summed E-state index contributed by atoms with van der Waals surface area (Å²) in [5.74, 6) is 1.81. The van der Waals surface area contributed by atoms with Gasteiger partial charge in [-0.15, -0.1) is 0 Å². The number of alkyl carbamates (subject to hydrolysis) is 1. The van der Waals surface area contributed by atoms with Crippen LogP contribution in [0, 0.1) is 12.8 Å². The molecule has 0 saturated carbocycles. The number of hydrogen-bond acceptors (Lipinski definition) is 7. The number of fused-ring (bicyclic) bond motifs is 1. The number of anilines is 1. The van der Waals surface area contributed by atoms with Gasteiger partial charge in [-0.3, -0.25) is 0 Å². The van der Waals surface area contributed by atoms with Gasteiger partial charge in [-0.05, 0) is 49.1 Å². The normalized spacial score (nSPS) is 20.3. The number of phenols is 1. The third-order valence-electron chi connectivity index (χ3n) is 6.26. The molecule has 1 aromatic heterocycles. The number of aromatic nitrogens is 2. The van der Waals surface area contributed by atoms with Crippen molar-refractivity contribution in [1.82, 2.24) is 15.3 Å². The zero-order valence-electron chi connectivity index (χ0n) is 18.7. The molecule has 0 aliphatic carbocycles. The van der Waals surface area contributed by atoms with Gasteiger partial charge in [0.15, 0.2) is 5.82 Å². The number of carbonyl (C=O) groups excluding carboxylic acids is 1. The number of nitrogens with zero attached hydrogens (tertiary/aromatic N) is 3. The zero-order chi connectivity index (χ0) is 22.8. The Balaban J connectivity index is 0.00000171. The minimum absolute atomic E-state index is 0. The lowest BCUT2D eigenvalue weighted by molar-refractivity contribution is 0.0825. The van der Waals surface area contributed by atoms with Crippen LogP contribution in [0.5, 0.6) is 5.75 Å². The largest absolute Gasteiger partial charge is 0.507 e. The summed E-state index contributed by atoms with van der Waals surface area (Å²) in [5.41, 5.74) is 2.57. The van der Waals surface area contributed by atoms with Crippen molar-refractivity contribution >= 4 is 22.8 Å². The predicted molar refractivity (Wildman–Crippen MR) is 130 cm³/mol. The molecular weight excluding hydrogens is 420 g/mol. The number of phenolic OH excluding ortho intramolecular Hbond substituents is 1.